The van der Waals surface area contributed by atoms with Crippen LogP contribution in [0.15, 0.2) is 4.99 Å². The average Bonchev–Trinajstić information content (AvgIpc) is 1.67. The van der Waals surface area contributed by atoms with Gasteiger partial charge in [0.1, 0.15) is 0 Å². The maximum atomic E-state index is 3.86. The first-order valence-corrected chi connectivity index (χ1v) is 2.84. The molecule has 0 bridgehead atoms. The van der Waals surface area contributed by atoms with Gasteiger partial charge in [-0.1, -0.05) is 13.8 Å². The molecular formula is C6H15N2+. The summed E-state index contributed by atoms with van der Waals surface area (Å²) in [7, 11) is 0. The summed E-state index contributed by atoms with van der Waals surface area (Å²) >= 11 is 0. The highest BCUT2D eigenvalue weighted by molar-refractivity contribution is 5.24. The summed E-state index contributed by atoms with van der Waals surface area (Å²) in [5, 5.41) is 0. The highest BCUT2D eigenvalue weighted by Gasteiger charge is 2.23. The highest BCUT2D eigenvalue weighted by atomic mass is 15.0. The summed E-state index contributed by atoms with van der Waals surface area (Å²) in [6.07, 6.45) is 0. The monoisotopic (exact) mass is 115 g/mol. The van der Waals surface area contributed by atoms with E-state index in [4.69, 9.17) is 0 Å². The van der Waals surface area contributed by atoms with E-state index in [1.807, 2.05) is 6.92 Å². The molecule has 0 spiro atoms. The normalized spacial score (nSPS) is 18.1. The highest BCUT2D eigenvalue weighted by Crippen LogP contribution is 2.09. The Labute approximate surface area is 50.8 Å². The van der Waals surface area contributed by atoms with Crippen LogP contribution in [-0.4, -0.2) is 12.4 Å². The molecule has 0 aliphatic heterocycles. The van der Waals surface area contributed by atoms with Gasteiger partial charge in [0, 0.05) is 12.8 Å². The van der Waals surface area contributed by atoms with Crippen molar-refractivity contribution < 1.29 is 5.73 Å². The van der Waals surface area contributed by atoms with Gasteiger partial charge >= 0.3 is 0 Å². The standard InChI is InChI=1S/C6H14N2/c1-5(2)6(3,7)8-4/h5H,4,7H2,1-3H3/p+1. The van der Waals surface area contributed by atoms with Crippen molar-refractivity contribution in [1.29, 1.82) is 0 Å². The lowest BCUT2D eigenvalue weighted by Crippen LogP contribution is -2.72. The predicted molar refractivity (Wildman–Crippen MR) is 35.7 cm³/mol. The van der Waals surface area contributed by atoms with E-state index in [2.05, 4.69) is 31.3 Å². The molecule has 0 radical (unpaired) electrons. The van der Waals surface area contributed by atoms with E-state index in [1.54, 1.807) is 0 Å². The lowest BCUT2D eigenvalue weighted by molar-refractivity contribution is -0.481. The number of aliphatic imine (C=N–C) groups is 1. The zero-order valence-corrected chi connectivity index (χ0v) is 5.94. The van der Waals surface area contributed by atoms with E-state index in [0.717, 1.165) is 0 Å². The Balaban J connectivity index is 3.90. The van der Waals surface area contributed by atoms with Crippen molar-refractivity contribution in [2.24, 2.45) is 10.9 Å². The molecule has 1 atom stereocenters. The zero-order valence-electron chi connectivity index (χ0n) is 5.94. The first-order chi connectivity index (χ1) is 3.50. The van der Waals surface area contributed by atoms with Crippen molar-refractivity contribution in [3.8, 4) is 0 Å². The van der Waals surface area contributed by atoms with E-state index in [1.165, 1.54) is 0 Å². The van der Waals surface area contributed by atoms with Crippen LogP contribution in [0.1, 0.15) is 20.8 Å². The van der Waals surface area contributed by atoms with Gasteiger partial charge in [0.15, 0.2) is 5.66 Å². The minimum Gasteiger partial charge on any atom is -0.334 e. The Morgan fingerprint density at radius 2 is 2.00 bits per heavy atom. The van der Waals surface area contributed by atoms with Gasteiger partial charge < -0.3 is 5.73 Å². The van der Waals surface area contributed by atoms with Gasteiger partial charge in [-0.15, -0.1) is 0 Å². The van der Waals surface area contributed by atoms with E-state index >= 15 is 0 Å². The summed E-state index contributed by atoms with van der Waals surface area (Å²) in [4.78, 5) is 3.86. The Morgan fingerprint density at radius 1 is 1.62 bits per heavy atom. The van der Waals surface area contributed by atoms with Gasteiger partial charge in [0.2, 0.25) is 0 Å². The molecule has 0 aromatic heterocycles. The van der Waals surface area contributed by atoms with Crippen LogP contribution in [0.2, 0.25) is 0 Å². The second kappa shape index (κ2) is 2.27. The Bertz CT molecular complexity index is 84.5. The third-order valence-electron chi connectivity index (χ3n) is 1.61. The van der Waals surface area contributed by atoms with Crippen molar-refractivity contribution in [3.05, 3.63) is 0 Å². The van der Waals surface area contributed by atoms with Gasteiger partial charge in [0.25, 0.3) is 0 Å². The first kappa shape index (κ1) is 7.63. The average molecular weight is 115 g/mol. The van der Waals surface area contributed by atoms with Crippen molar-refractivity contribution in [1.82, 2.24) is 0 Å². The SMILES string of the molecule is C=NC(C)([NH3+])C(C)C. The molecule has 0 heterocycles. The first-order valence-electron chi connectivity index (χ1n) is 2.84. The minimum absolute atomic E-state index is 0.194. The lowest BCUT2D eigenvalue weighted by atomic mass is 10.0. The third-order valence-corrected chi connectivity index (χ3v) is 1.61. The molecular weight excluding hydrogens is 100 g/mol. The molecule has 0 amide bonds. The van der Waals surface area contributed by atoms with Crippen LogP contribution in [0.3, 0.4) is 0 Å². The van der Waals surface area contributed by atoms with Gasteiger partial charge in [-0.25, -0.2) is 4.99 Å². The van der Waals surface area contributed by atoms with Gasteiger partial charge in [0.05, 0.1) is 0 Å². The Kier molecular flexibility index (Phi) is 2.16. The smallest absolute Gasteiger partial charge is 0.186 e. The van der Waals surface area contributed by atoms with Crippen molar-refractivity contribution >= 4 is 6.72 Å². The maximum Gasteiger partial charge on any atom is 0.186 e. The Hall–Kier alpha value is -0.370. The van der Waals surface area contributed by atoms with Crippen LogP contribution in [-0.2, 0) is 0 Å². The number of hydrogen-bond acceptors (Lipinski definition) is 1. The molecule has 0 fully saturated rings. The quantitative estimate of drug-likeness (QED) is 0.503. The van der Waals surface area contributed by atoms with E-state index in [-0.39, 0.29) is 5.66 Å². The molecule has 0 rings (SSSR count). The van der Waals surface area contributed by atoms with Crippen LogP contribution in [0.5, 0.6) is 0 Å². The summed E-state index contributed by atoms with van der Waals surface area (Å²) in [5.74, 6) is 0.472. The van der Waals surface area contributed by atoms with Crippen LogP contribution < -0.4 is 5.73 Å². The fraction of sp³-hybridized carbons (Fsp3) is 0.833. The molecule has 0 aliphatic rings. The number of quaternary nitrogens is 1. The Morgan fingerprint density at radius 3 is 2.00 bits per heavy atom. The van der Waals surface area contributed by atoms with Gasteiger partial charge in [-0.2, -0.15) is 0 Å². The summed E-state index contributed by atoms with van der Waals surface area (Å²) in [6.45, 7) is 9.59. The lowest BCUT2D eigenvalue weighted by Gasteiger charge is -2.18. The number of nitrogens with zero attached hydrogens (tertiary/aromatic N) is 1. The number of rotatable bonds is 2. The molecule has 1 unspecified atom stereocenters. The largest absolute Gasteiger partial charge is 0.334 e. The van der Waals surface area contributed by atoms with Gasteiger partial charge in [-0.05, 0) is 6.72 Å². The van der Waals surface area contributed by atoms with E-state index < -0.39 is 0 Å². The topological polar surface area (TPSA) is 40.0 Å². The van der Waals surface area contributed by atoms with Gasteiger partial charge in [-0.3, -0.25) is 0 Å². The van der Waals surface area contributed by atoms with Crippen LogP contribution >= 0.6 is 0 Å². The molecule has 0 aliphatic carbocycles. The third kappa shape index (κ3) is 1.62. The predicted octanol–water partition coefficient (Wildman–Crippen LogP) is 0.301. The van der Waals surface area contributed by atoms with Crippen LogP contribution in [0, 0.1) is 5.92 Å². The molecule has 2 nitrogen and oxygen atoms in total. The summed E-state index contributed by atoms with van der Waals surface area (Å²) in [5.41, 5.74) is 3.66. The summed E-state index contributed by atoms with van der Waals surface area (Å²) < 4.78 is 0. The molecule has 0 saturated carbocycles. The summed E-state index contributed by atoms with van der Waals surface area (Å²) in [6, 6.07) is 0. The molecule has 0 aromatic carbocycles. The molecule has 8 heavy (non-hydrogen) atoms. The van der Waals surface area contributed by atoms with Crippen molar-refractivity contribution in [3.63, 3.8) is 0 Å². The molecule has 0 aromatic rings. The second-order valence-corrected chi connectivity index (χ2v) is 2.67. The van der Waals surface area contributed by atoms with Crippen molar-refractivity contribution in [2.75, 3.05) is 0 Å². The zero-order chi connectivity index (χ0) is 6.78. The number of hydrogen-bond donors (Lipinski definition) is 1. The molecule has 0 saturated heterocycles. The second-order valence-electron chi connectivity index (χ2n) is 2.67. The molecule has 3 N–H and O–H groups in total. The fourth-order valence-electron chi connectivity index (χ4n) is 0.183. The molecule has 48 valence electrons. The fourth-order valence-corrected chi connectivity index (χ4v) is 0.183. The molecule has 2 heteroatoms. The van der Waals surface area contributed by atoms with Crippen LogP contribution in [0.25, 0.3) is 0 Å². The van der Waals surface area contributed by atoms with E-state index in [0.29, 0.717) is 5.92 Å². The van der Waals surface area contributed by atoms with E-state index in [9.17, 15) is 0 Å². The van der Waals surface area contributed by atoms with Crippen molar-refractivity contribution in [2.45, 2.75) is 26.4 Å². The minimum atomic E-state index is -0.194. The maximum absolute atomic E-state index is 3.86. The van der Waals surface area contributed by atoms with Crippen LogP contribution in [0.4, 0.5) is 0 Å².